The molecule has 0 aromatic heterocycles. The topological polar surface area (TPSA) is 50.7 Å². The summed E-state index contributed by atoms with van der Waals surface area (Å²) in [5, 5.41) is 13.2. The van der Waals surface area contributed by atoms with Gasteiger partial charge >= 0.3 is 0 Å². The number of nitrogens with one attached hydrogen (secondary N) is 1. The Kier molecular flexibility index (Phi) is 7.82. The van der Waals surface area contributed by atoms with Gasteiger partial charge in [-0.25, -0.2) is 0 Å². The number of hydrogen-bond donors (Lipinski definition) is 2. The molecule has 108 valence electrons. The third-order valence-electron chi connectivity index (χ3n) is 4.02. The van der Waals surface area contributed by atoms with Crippen molar-refractivity contribution in [3.05, 3.63) is 0 Å². The molecule has 18 heavy (non-hydrogen) atoms. The summed E-state index contributed by atoms with van der Waals surface area (Å²) in [7, 11) is 1.71. The van der Waals surface area contributed by atoms with Gasteiger partial charge in [-0.3, -0.25) is 0 Å². The van der Waals surface area contributed by atoms with E-state index in [4.69, 9.17) is 9.47 Å². The number of aliphatic hydroxyl groups is 1. The molecule has 0 amide bonds. The maximum absolute atomic E-state index is 9.67. The number of hydrogen-bond acceptors (Lipinski definition) is 4. The fraction of sp³-hybridized carbons (Fsp3) is 1.00. The van der Waals surface area contributed by atoms with Crippen molar-refractivity contribution in [2.75, 3.05) is 40.1 Å². The summed E-state index contributed by atoms with van der Waals surface area (Å²) in [6.45, 7) is 5.60. The van der Waals surface area contributed by atoms with Crippen molar-refractivity contribution in [2.24, 2.45) is 5.92 Å². The smallest absolute Gasteiger partial charge is 0.0616 e. The molecule has 0 aromatic rings. The van der Waals surface area contributed by atoms with E-state index in [9.17, 15) is 5.11 Å². The van der Waals surface area contributed by atoms with Crippen LogP contribution in [0.3, 0.4) is 0 Å². The van der Waals surface area contributed by atoms with Crippen molar-refractivity contribution in [3.63, 3.8) is 0 Å². The quantitative estimate of drug-likeness (QED) is 0.585. The van der Waals surface area contributed by atoms with E-state index in [0.29, 0.717) is 5.92 Å². The van der Waals surface area contributed by atoms with Gasteiger partial charge in [-0.1, -0.05) is 13.3 Å². The molecule has 2 atom stereocenters. The van der Waals surface area contributed by atoms with E-state index in [-0.39, 0.29) is 12.1 Å². The minimum Gasteiger partial charge on any atom is -0.394 e. The molecule has 2 N–H and O–H groups in total. The normalized spacial score (nSPS) is 27.8. The molecule has 1 fully saturated rings. The average Bonchev–Trinajstić information content (AvgIpc) is 2.78. The molecule has 0 aromatic carbocycles. The first-order chi connectivity index (χ1) is 8.79. The van der Waals surface area contributed by atoms with Crippen LogP contribution in [0.1, 0.15) is 39.0 Å². The first-order valence-electron chi connectivity index (χ1n) is 7.21. The third-order valence-corrected chi connectivity index (χ3v) is 4.02. The predicted molar refractivity (Wildman–Crippen MR) is 72.8 cm³/mol. The van der Waals surface area contributed by atoms with Crippen molar-refractivity contribution in [1.82, 2.24) is 5.32 Å². The fourth-order valence-corrected chi connectivity index (χ4v) is 3.05. The first kappa shape index (κ1) is 15.9. The monoisotopic (exact) mass is 259 g/mol. The summed E-state index contributed by atoms with van der Waals surface area (Å²) >= 11 is 0. The summed E-state index contributed by atoms with van der Waals surface area (Å²) in [5.41, 5.74) is -0.0510. The van der Waals surface area contributed by atoms with Crippen molar-refractivity contribution in [3.8, 4) is 0 Å². The van der Waals surface area contributed by atoms with Crippen LogP contribution in [0.5, 0.6) is 0 Å². The minimum absolute atomic E-state index is 0.0510. The van der Waals surface area contributed by atoms with E-state index in [1.54, 1.807) is 7.11 Å². The molecule has 2 unspecified atom stereocenters. The van der Waals surface area contributed by atoms with Gasteiger partial charge < -0.3 is 19.9 Å². The molecule has 0 bridgehead atoms. The van der Waals surface area contributed by atoms with E-state index >= 15 is 0 Å². The van der Waals surface area contributed by atoms with E-state index in [1.807, 2.05) is 0 Å². The average molecular weight is 259 g/mol. The highest BCUT2D eigenvalue weighted by Gasteiger charge is 2.41. The second kappa shape index (κ2) is 8.86. The van der Waals surface area contributed by atoms with E-state index < -0.39 is 0 Å². The number of rotatable bonds is 10. The summed E-state index contributed by atoms with van der Waals surface area (Å²) in [5.74, 6) is 0.546. The maximum atomic E-state index is 9.67. The van der Waals surface area contributed by atoms with Gasteiger partial charge in [-0.2, -0.15) is 0 Å². The van der Waals surface area contributed by atoms with Crippen molar-refractivity contribution >= 4 is 0 Å². The molecule has 0 radical (unpaired) electrons. The summed E-state index contributed by atoms with van der Waals surface area (Å²) in [6, 6.07) is 0. The van der Waals surface area contributed by atoms with Gasteiger partial charge in [0, 0.05) is 32.5 Å². The van der Waals surface area contributed by atoms with Gasteiger partial charge in [0.2, 0.25) is 0 Å². The van der Waals surface area contributed by atoms with Crippen LogP contribution in [0.2, 0.25) is 0 Å². The van der Waals surface area contributed by atoms with Gasteiger partial charge in [0.1, 0.15) is 0 Å². The van der Waals surface area contributed by atoms with Gasteiger partial charge in [0.05, 0.1) is 6.61 Å². The lowest BCUT2D eigenvalue weighted by Crippen LogP contribution is -2.51. The fourth-order valence-electron chi connectivity index (χ4n) is 3.05. The van der Waals surface area contributed by atoms with E-state index in [0.717, 1.165) is 45.6 Å². The Morgan fingerprint density at radius 3 is 2.83 bits per heavy atom. The Bertz CT molecular complexity index is 213. The zero-order valence-electron chi connectivity index (χ0n) is 11.9. The Hall–Kier alpha value is -0.160. The third kappa shape index (κ3) is 4.50. The molecular formula is C14H29NO3. The van der Waals surface area contributed by atoms with Crippen LogP contribution in [0.4, 0.5) is 0 Å². The van der Waals surface area contributed by atoms with Gasteiger partial charge in [-0.15, -0.1) is 0 Å². The van der Waals surface area contributed by atoms with Gasteiger partial charge in [0.25, 0.3) is 0 Å². The lowest BCUT2D eigenvalue weighted by atomic mass is 9.85. The second-order valence-corrected chi connectivity index (χ2v) is 5.18. The largest absolute Gasteiger partial charge is 0.394 e. The SMILES string of the molecule is CCNC1(CO)CCCC1CCOCCCOC. The van der Waals surface area contributed by atoms with Crippen LogP contribution in [-0.4, -0.2) is 50.7 Å². The molecule has 0 spiro atoms. The lowest BCUT2D eigenvalue weighted by Gasteiger charge is -2.34. The number of likely N-dealkylation sites (N-methyl/N-ethyl adjacent to an activating group) is 1. The molecule has 1 aliphatic rings. The molecular weight excluding hydrogens is 230 g/mol. The highest BCUT2D eigenvalue weighted by molar-refractivity contribution is 4.98. The summed E-state index contributed by atoms with van der Waals surface area (Å²) in [4.78, 5) is 0. The van der Waals surface area contributed by atoms with Crippen molar-refractivity contribution in [2.45, 2.75) is 44.6 Å². The van der Waals surface area contributed by atoms with E-state index in [2.05, 4.69) is 12.2 Å². The number of aliphatic hydroxyl groups excluding tert-OH is 1. The highest BCUT2D eigenvalue weighted by atomic mass is 16.5. The van der Waals surface area contributed by atoms with Crippen LogP contribution >= 0.6 is 0 Å². The second-order valence-electron chi connectivity index (χ2n) is 5.18. The molecule has 0 heterocycles. The van der Waals surface area contributed by atoms with Gasteiger partial charge in [-0.05, 0) is 38.1 Å². The van der Waals surface area contributed by atoms with Crippen LogP contribution in [0.25, 0.3) is 0 Å². The van der Waals surface area contributed by atoms with Gasteiger partial charge in [0.15, 0.2) is 0 Å². The first-order valence-corrected chi connectivity index (χ1v) is 7.21. The lowest BCUT2D eigenvalue weighted by molar-refractivity contribution is 0.0694. The number of ether oxygens (including phenoxy) is 2. The standard InChI is InChI=1S/C14H29NO3/c1-3-15-14(12-16)8-4-6-13(14)7-11-18-10-5-9-17-2/h13,15-16H,3-12H2,1-2H3. The Morgan fingerprint density at radius 2 is 2.17 bits per heavy atom. The zero-order chi connectivity index (χ0) is 13.3. The van der Waals surface area contributed by atoms with Crippen LogP contribution in [-0.2, 0) is 9.47 Å². The number of methoxy groups -OCH3 is 1. The van der Waals surface area contributed by atoms with Crippen LogP contribution in [0.15, 0.2) is 0 Å². The molecule has 1 aliphatic carbocycles. The molecule has 4 heteroatoms. The Labute approximate surface area is 111 Å². The highest BCUT2D eigenvalue weighted by Crippen LogP contribution is 2.37. The maximum Gasteiger partial charge on any atom is 0.0616 e. The molecule has 1 rings (SSSR count). The minimum atomic E-state index is -0.0510. The van der Waals surface area contributed by atoms with E-state index in [1.165, 1.54) is 12.8 Å². The Morgan fingerprint density at radius 1 is 1.33 bits per heavy atom. The molecule has 1 saturated carbocycles. The molecule has 4 nitrogen and oxygen atoms in total. The zero-order valence-corrected chi connectivity index (χ0v) is 11.9. The molecule has 0 saturated heterocycles. The Balaban J connectivity index is 2.23. The van der Waals surface area contributed by atoms with Crippen molar-refractivity contribution < 1.29 is 14.6 Å². The van der Waals surface area contributed by atoms with Crippen LogP contribution in [0, 0.1) is 5.92 Å². The van der Waals surface area contributed by atoms with Crippen LogP contribution < -0.4 is 5.32 Å². The molecule has 0 aliphatic heterocycles. The summed E-state index contributed by atoms with van der Waals surface area (Å²) in [6.07, 6.45) is 5.50. The van der Waals surface area contributed by atoms with Crippen molar-refractivity contribution in [1.29, 1.82) is 0 Å². The summed E-state index contributed by atoms with van der Waals surface area (Å²) < 4.78 is 10.6. The predicted octanol–water partition coefficient (Wildman–Crippen LogP) is 1.57.